The minimum Gasteiger partial charge on any atom is -0.388 e. The van der Waals surface area contributed by atoms with E-state index in [1.165, 1.54) is 12.4 Å². The zero-order valence-corrected chi connectivity index (χ0v) is 14.7. The highest BCUT2D eigenvalue weighted by atomic mass is 35.5. The fourth-order valence-electron chi connectivity index (χ4n) is 2.72. The summed E-state index contributed by atoms with van der Waals surface area (Å²) in [6, 6.07) is 1.62. The lowest BCUT2D eigenvalue weighted by Crippen LogP contribution is -2.43. The Morgan fingerprint density at radius 1 is 1.54 bits per heavy atom. The van der Waals surface area contributed by atoms with Gasteiger partial charge in [0.15, 0.2) is 0 Å². The van der Waals surface area contributed by atoms with Gasteiger partial charge in [0.05, 0.1) is 33.2 Å². The highest BCUT2D eigenvalue weighted by Crippen LogP contribution is 2.32. The zero-order valence-electron chi connectivity index (χ0n) is 13.9. The maximum atomic E-state index is 11.7. The number of aromatic nitrogens is 1. The number of rotatable bonds is 6. The first-order valence-corrected chi connectivity index (χ1v) is 8.47. The smallest absolute Gasteiger partial charge is 0.252 e. The summed E-state index contributed by atoms with van der Waals surface area (Å²) in [6.07, 6.45) is 7.88. The molecule has 0 atom stereocenters. The highest BCUT2D eigenvalue weighted by molar-refractivity contribution is 6.39. The van der Waals surface area contributed by atoms with E-state index in [-0.39, 0.29) is 5.56 Å². The summed E-state index contributed by atoms with van der Waals surface area (Å²) < 4.78 is 0. The number of hydrogen-bond acceptors (Lipinski definition) is 7. The molecule has 1 aromatic rings. The van der Waals surface area contributed by atoms with Gasteiger partial charge in [0, 0.05) is 31.4 Å². The van der Waals surface area contributed by atoms with Gasteiger partial charge >= 0.3 is 0 Å². The van der Waals surface area contributed by atoms with Crippen LogP contribution in [0.1, 0.15) is 35.3 Å². The van der Waals surface area contributed by atoms with E-state index >= 15 is 0 Å². The Bertz CT molecular complexity index is 842. The fourth-order valence-corrected chi connectivity index (χ4v) is 2.82. The second-order valence-electron chi connectivity index (χ2n) is 6.25. The first kappa shape index (κ1) is 18.1. The van der Waals surface area contributed by atoms with Crippen LogP contribution in [-0.2, 0) is 0 Å². The van der Waals surface area contributed by atoms with E-state index in [4.69, 9.17) is 22.7 Å². The van der Waals surface area contributed by atoms with E-state index in [0.717, 1.165) is 12.6 Å². The van der Waals surface area contributed by atoms with Crippen molar-refractivity contribution < 1.29 is 9.90 Å². The average molecular weight is 375 g/mol. The Labute approximate surface area is 155 Å². The first-order chi connectivity index (χ1) is 12.4. The van der Waals surface area contributed by atoms with Gasteiger partial charge in [0.25, 0.3) is 5.91 Å². The molecule has 1 saturated carbocycles. The molecule has 6 N–H and O–H groups in total. The first-order valence-electron chi connectivity index (χ1n) is 8.09. The van der Waals surface area contributed by atoms with Gasteiger partial charge in [-0.2, -0.15) is 0 Å². The number of nitrogens with two attached hydrogens (primary N) is 1. The van der Waals surface area contributed by atoms with Crippen molar-refractivity contribution in [3.05, 3.63) is 40.6 Å². The molecule has 9 heteroatoms. The Balaban J connectivity index is 1.93. The van der Waals surface area contributed by atoms with Crippen molar-refractivity contribution >= 4 is 41.2 Å². The van der Waals surface area contributed by atoms with Gasteiger partial charge in [-0.3, -0.25) is 9.78 Å². The van der Waals surface area contributed by atoms with Gasteiger partial charge < -0.3 is 26.9 Å². The molecule has 0 saturated heterocycles. The summed E-state index contributed by atoms with van der Waals surface area (Å²) in [5, 5.41) is 24.4. The second kappa shape index (κ2) is 7.27. The predicted octanol–water partition coefficient (Wildman–Crippen LogP) is 1.58. The lowest BCUT2D eigenvalue weighted by atomic mass is 9.80. The number of amides is 1. The third-order valence-corrected chi connectivity index (χ3v) is 4.61. The van der Waals surface area contributed by atoms with Crippen molar-refractivity contribution in [2.45, 2.75) is 24.9 Å². The number of pyridine rings is 1. The van der Waals surface area contributed by atoms with Gasteiger partial charge in [-0.1, -0.05) is 11.6 Å². The monoisotopic (exact) mass is 374 g/mol. The molecule has 8 nitrogen and oxygen atoms in total. The normalized spacial score (nSPS) is 19.7. The van der Waals surface area contributed by atoms with Crippen LogP contribution in [0.4, 0.5) is 5.69 Å². The van der Waals surface area contributed by atoms with Gasteiger partial charge in [-0.25, -0.2) is 4.99 Å². The lowest BCUT2D eigenvalue weighted by molar-refractivity contribution is -0.0202. The van der Waals surface area contributed by atoms with Gasteiger partial charge in [-0.15, -0.1) is 0 Å². The SMILES string of the molecule is N=C/C(=C1/N=CC(Cl)=CN1)c1cc(NCC2(O)CCC2)c(C(N)=O)cn1. The Kier molecular flexibility index (Phi) is 5.06. The van der Waals surface area contributed by atoms with Crippen molar-refractivity contribution in [3.63, 3.8) is 0 Å². The summed E-state index contributed by atoms with van der Waals surface area (Å²) in [6.45, 7) is 0.308. The molecule has 1 aliphatic carbocycles. The molecular formula is C17H19ClN6O2. The van der Waals surface area contributed by atoms with Crippen molar-refractivity contribution in [2.75, 3.05) is 11.9 Å². The number of aliphatic imine (C=N–C) groups is 1. The summed E-state index contributed by atoms with van der Waals surface area (Å²) in [4.78, 5) is 20.1. The molecular weight excluding hydrogens is 356 g/mol. The predicted molar refractivity (Wildman–Crippen MR) is 101 cm³/mol. The number of nitrogens with zero attached hydrogens (tertiary/aromatic N) is 2. The van der Waals surface area contributed by atoms with Gasteiger partial charge in [0.2, 0.25) is 0 Å². The summed E-state index contributed by atoms with van der Waals surface area (Å²) in [5.41, 5.74) is 6.18. The largest absolute Gasteiger partial charge is 0.388 e. The number of carbonyl (C=O) groups excluding carboxylic acids is 1. The molecule has 2 heterocycles. The minimum absolute atomic E-state index is 0.217. The molecule has 0 spiro atoms. The van der Waals surface area contributed by atoms with Crippen LogP contribution in [0.15, 0.2) is 34.3 Å². The molecule has 136 valence electrons. The number of aliphatic hydroxyl groups is 1. The number of halogens is 1. The third-order valence-electron chi connectivity index (χ3n) is 4.40. The molecule has 1 aliphatic heterocycles. The standard InChI is InChI=1S/C17H19ClN6O2/c18-10-6-22-16(23-7-10)11(5-19)13-4-14(12(8-21-13)15(20)25)24-9-17(26)2-1-3-17/h4-8,19,22,26H,1-3,9H2,(H2,20,25)(H,21,24)/b16-11-,19-5?. The van der Waals surface area contributed by atoms with Crippen LogP contribution in [-0.4, -0.2) is 40.6 Å². The van der Waals surface area contributed by atoms with Crippen LogP contribution < -0.4 is 16.4 Å². The topological polar surface area (TPSA) is 136 Å². The zero-order chi connectivity index (χ0) is 18.7. The average Bonchev–Trinajstić information content (AvgIpc) is 2.60. The quantitative estimate of drug-likeness (QED) is 0.481. The van der Waals surface area contributed by atoms with Crippen molar-refractivity contribution in [1.29, 1.82) is 5.41 Å². The van der Waals surface area contributed by atoms with Crippen LogP contribution in [0.5, 0.6) is 0 Å². The molecule has 1 aromatic heterocycles. The third kappa shape index (κ3) is 3.76. The van der Waals surface area contributed by atoms with Crippen molar-refractivity contribution in [2.24, 2.45) is 10.7 Å². The van der Waals surface area contributed by atoms with Crippen LogP contribution in [0, 0.1) is 5.41 Å². The number of anilines is 1. The second-order valence-corrected chi connectivity index (χ2v) is 6.69. The Morgan fingerprint density at radius 3 is 2.85 bits per heavy atom. The lowest BCUT2D eigenvalue weighted by Gasteiger charge is -2.37. The molecule has 1 amide bonds. The maximum absolute atomic E-state index is 11.7. The highest BCUT2D eigenvalue weighted by Gasteiger charge is 2.34. The molecule has 1 fully saturated rings. The van der Waals surface area contributed by atoms with E-state index in [1.807, 2.05) is 0 Å². The molecule has 0 radical (unpaired) electrons. The van der Waals surface area contributed by atoms with Crippen LogP contribution in [0.25, 0.3) is 5.57 Å². The minimum atomic E-state index is -0.766. The number of primary amides is 1. The Hall–Kier alpha value is -2.71. The van der Waals surface area contributed by atoms with E-state index in [1.54, 1.807) is 12.3 Å². The van der Waals surface area contributed by atoms with Crippen molar-refractivity contribution in [1.82, 2.24) is 10.3 Å². The summed E-state index contributed by atoms with van der Waals surface area (Å²) >= 11 is 5.83. The van der Waals surface area contributed by atoms with E-state index < -0.39 is 11.5 Å². The van der Waals surface area contributed by atoms with Crippen LogP contribution in [0.3, 0.4) is 0 Å². The van der Waals surface area contributed by atoms with Crippen molar-refractivity contribution in [3.8, 4) is 0 Å². The molecule has 3 rings (SSSR count). The number of allylic oxidation sites excluding steroid dienone is 2. The molecule has 0 unspecified atom stereocenters. The van der Waals surface area contributed by atoms with Gasteiger partial charge in [0.1, 0.15) is 5.82 Å². The molecule has 0 aromatic carbocycles. The maximum Gasteiger partial charge on any atom is 0.252 e. The Morgan fingerprint density at radius 2 is 2.31 bits per heavy atom. The molecule has 26 heavy (non-hydrogen) atoms. The molecule has 0 bridgehead atoms. The van der Waals surface area contributed by atoms with Gasteiger partial charge in [-0.05, 0) is 25.3 Å². The van der Waals surface area contributed by atoms with Crippen LogP contribution >= 0.6 is 11.6 Å². The van der Waals surface area contributed by atoms with Crippen LogP contribution in [0.2, 0.25) is 0 Å². The van der Waals surface area contributed by atoms with E-state index in [9.17, 15) is 9.90 Å². The fraction of sp³-hybridized carbons (Fsp3) is 0.294. The number of hydrogen-bond donors (Lipinski definition) is 5. The number of carbonyl (C=O) groups is 1. The summed E-state index contributed by atoms with van der Waals surface area (Å²) in [5.74, 6) is -0.216. The summed E-state index contributed by atoms with van der Waals surface area (Å²) in [7, 11) is 0. The van der Waals surface area contributed by atoms with E-state index in [0.29, 0.717) is 47.2 Å². The van der Waals surface area contributed by atoms with E-state index in [2.05, 4.69) is 20.6 Å². The molecule has 2 aliphatic rings. The number of nitrogens with one attached hydrogen (secondary N) is 3.